The molecule has 0 saturated carbocycles. The van der Waals surface area contributed by atoms with Gasteiger partial charge in [0.15, 0.2) is 5.11 Å². The highest BCUT2D eigenvalue weighted by Gasteiger charge is 2.14. The maximum atomic E-state index is 11.8. The summed E-state index contributed by atoms with van der Waals surface area (Å²) >= 11 is 4.73. The minimum absolute atomic E-state index is 0.0986. The smallest absolute Gasteiger partial charge is 0.253 e. The van der Waals surface area contributed by atoms with Crippen molar-refractivity contribution in [2.75, 3.05) is 13.6 Å². The molecule has 0 saturated heterocycles. The number of nitrogens with one attached hydrogen (secondary N) is 4. The number of hydrazine groups is 1. The van der Waals surface area contributed by atoms with Crippen molar-refractivity contribution in [2.45, 2.75) is 4.90 Å². The van der Waals surface area contributed by atoms with Gasteiger partial charge < -0.3 is 5.32 Å². The van der Waals surface area contributed by atoms with E-state index < -0.39 is 22.5 Å². The van der Waals surface area contributed by atoms with Crippen LogP contribution in [0.5, 0.6) is 0 Å². The highest BCUT2D eigenvalue weighted by Crippen LogP contribution is 2.06. The first-order valence-corrected chi connectivity index (χ1v) is 7.16. The second-order valence-electron chi connectivity index (χ2n) is 3.39. The van der Waals surface area contributed by atoms with Crippen LogP contribution in [0.1, 0.15) is 0 Å². The molecule has 0 unspecified atom stereocenters. The second-order valence-corrected chi connectivity index (χ2v) is 5.57. The number of hydrogen-bond acceptors (Lipinski definition) is 4. The molecular formula is C10H14N4O3S2. The van der Waals surface area contributed by atoms with Crippen LogP contribution >= 0.6 is 12.2 Å². The quantitative estimate of drug-likeness (QED) is 0.424. The molecular weight excluding hydrogens is 288 g/mol. The Kier molecular flexibility index (Phi) is 5.67. The lowest BCUT2D eigenvalue weighted by Crippen LogP contribution is -2.48. The molecule has 0 bridgehead atoms. The molecule has 0 aliphatic carbocycles. The number of sulfonamides is 1. The Bertz CT molecular complexity index is 545. The van der Waals surface area contributed by atoms with Crippen LogP contribution < -0.4 is 20.9 Å². The number of carbonyl (C=O) groups excluding carboxylic acids is 1. The van der Waals surface area contributed by atoms with E-state index in [1.54, 1.807) is 25.2 Å². The maximum absolute atomic E-state index is 11.8. The van der Waals surface area contributed by atoms with Crippen LogP contribution in [0.15, 0.2) is 35.2 Å². The summed E-state index contributed by atoms with van der Waals surface area (Å²) in [5.74, 6) is -0.558. The van der Waals surface area contributed by atoms with Crippen LogP contribution in [-0.2, 0) is 14.8 Å². The molecule has 0 aromatic heterocycles. The van der Waals surface area contributed by atoms with Gasteiger partial charge in [0.25, 0.3) is 5.91 Å². The minimum Gasteiger partial charge on any atom is -0.364 e. The summed E-state index contributed by atoms with van der Waals surface area (Å²) in [6.07, 6.45) is 0. The van der Waals surface area contributed by atoms with Crippen LogP contribution in [0.4, 0.5) is 0 Å². The van der Waals surface area contributed by atoms with E-state index in [0.717, 1.165) is 0 Å². The molecule has 0 aliphatic heterocycles. The van der Waals surface area contributed by atoms with Gasteiger partial charge in [-0.1, -0.05) is 18.2 Å². The van der Waals surface area contributed by atoms with Crippen molar-refractivity contribution in [1.29, 1.82) is 0 Å². The van der Waals surface area contributed by atoms with E-state index in [4.69, 9.17) is 12.2 Å². The number of amides is 1. The third kappa shape index (κ3) is 5.20. The zero-order valence-corrected chi connectivity index (χ0v) is 11.8. The van der Waals surface area contributed by atoms with E-state index in [1.807, 2.05) is 0 Å². The van der Waals surface area contributed by atoms with E-state index in [-0.39, 0.29) is 10.0 Å². The molecule has 0 atom stereocenters. The topological polar surface area (TPSA) is 99.3 Å². The molecule has 19 heavy (non-hydrogen) atoms. The fourth-order valence-corrected chi connectivity index (χ4v) is 2.13. The summed E-state index contributed by atoms with van der Waals surface area (Å²) in [6, 6.07) is 7.78. The summed E-state index contributed by atoms with van der Waals surface area (Å²) < 4.78 is 25.7. The second kappa shape index (κ2) is 7.02. The average molecular weight is 302 g/mol. The van der Waals surface area contributed by atoms with Gasteiger partial charge in [-0.2, -0.15) is 0 Å². The molecule has 1 aromatic rings. The fourth-order valence-electron chi connectivity index (χ4n) is 1.08. The molecule has 0 fully saturated rings. The lowest BCUT2D eigenvalue weighted by Gasteiger charge is -2.09. The van der Waals surface area contributed by atoms with Crippen LogP contribution in [0.3, 0.4) is 0 Å². The average Bonchev–Trinajstić information content (AvgIpc) is 2.43. The normalized spacial score (nSPS) is 10.6. The lowest BCUT2D eigenvalue weighted by atomic mass is 10.4. The van der Waals surface area contributed by atoms with Crippen molar-refractivity contribution >= 4 is 33.3 Å². The highest BCUT2D eigenvalue weighted by atomic mass is 32.2. The summed E-state index contributed by atoms with van der Waals surface area (Å²) in [4.78, 5) is 11.5. The predicted octanol–water partition coefficient (Wildman–Crippen LogP) is -0.910. The molecule has 0 aliphatic rings. The summed E-state index contributed by atoms with van der Waals surface area (Å²) in [6.45, 7) is -0.392. The first-order valence-electron chi connectivity index (χ1n) is 5.27. The van der Waals surface area contributed by atoms with E-state index >= 15 is 0 Å². The van der Waals surface area contributed by atoms with Gasteiger partial charge in [-0.05, 0) is 24.4 Å². The number of carbonyl (C=O) groups is 1. The van der Waals surface area contributed by atoms with Gasteiger partial charge in [0.05, 0.1) is 11.4 Å². The number of hydrogen-bond donors (Lipinski definition) is 4. The monoisotopic (exact) mass is 302 g/mol. The van der Waals surface area contributed by atoms with E-state index in [0.29, 0.717) is 0 Å². The standard InChI is InChI=1S/C10H14N4O3S2/c1-11-10(18)14-13-9(15)7-12-19(16,17)8-5-3-2-4-6-8/h2-6,12H,7H2,1H3,(H,13,15)(H2,11,14,18). The molecule has 1 rings (SSSR count). The Morgan fingerprint density at radius 3 is 2.42 bits per heavy atom. The summed E-state index contributed by atoms with van der Waals surface area (Å²) in [5, 5.41) is 2.81. The Hall–Kier alpha value is -1.71. The minimum atomic E-state index is -3.69. The lowest BCUT2D eigenvalue weighted by molar-refractivity contribution is -0.120. The van der Waals surface area contributed by atoms with Crippen LogP contribution in [0, 0.1) is 0 Å². The van der Waals surface area contributed by atoms with E-state index in [9.17, 15) is 13.2 Å². The molecule has 7 nitrogen and oxygen atoms in total. The van der Waals surface area contributed by atoms with Crippen molar-refractivity contribution < 1.29 is 13.2 Å². The van der Waals surface area contributed by atoms with Gasteiger partial charge in [0.2, 0.25) is 10.0 Å². The first kappa shape index (κ1) is 15.3. The Morgan fingerprint density at radius 2 is 1.84 bits per heavy atom. The van der Waals surface area contributed by atoms with E-state index in [2.05, 4.69) is 20.9 Å². The van der Waals surface area contributed by atoms with Gasteiger partial charge in [-0.25, -0.2) is 13.1 Å². The van der Waals surface area contributed by atoms with Crippen LogP contribution in [0.25, 0.3) is 0 Å². The van der Waals surface area contributed by atoms with Crippen molar-refractivity contribution in [3.8, 4) is 0 Å². The third-order valence-electron chi connectivity index (χ3n) is 2.02. The molecule has 1 aromatic carbocycles. The summed E-state index contributed by atoms with van der Waals surface area (Å²) in [7, 11) is -2.10. The third-order valence-corrected chi connectivity index (χ3v) is 3.74. The number of thiocarbonyl (C=S) groups is 1. The summed E-state index contributed by atoms with van der Waals surface area (Å²) in [5.41, 5.74) is 4.63. The predicted molar refractivity (Wildman–Crippen MR) is 74.6 cm³/mol. The fraction of sp³-hybridized carbons (Fsp3) is 0.200. The molecule has 0 spiro atoms. The van der Waals surface area contributed by atoms with Crippen LogP contribution in [-0.4, -0.2) is 33.0 Å². The van der Waals surface area contributed by atoms with Crippen molar-refractivity contribution in [3.05, 3.63) is 30.3 Å². The largest absolute Gasteiger partial charge is 0.364 e. The Balaban J connectivity index is 2.48. The maximum Gasteiger partial charge on any atom is 0.253 e. The first-order chi connectivity index (χ1) is 8.95. The van der Waals surface area contributed by atoms with Gasteiger partial charge in [-0.3, -0.25) is 15.6 Å². The molecule has 9 heteroatoms. The van der Waals surface area contributed by atoms with Crippen molar-refractivity contribution in [3.63, 3.8) is 0 Å². The Labute approximate surface area is 116 Å². The SMILES string of the molecule is CNC(=S)NNC(=O)CNS(=O)(=O)c1ccccc1. The number of rotatable bonds is 4. The molecule has 0 radical (unpaired) electrons. The molecule has 1 amide bonds. The highest BCUT2D eigenvalue weighted by molar-refractivity contribution is 7.89. The van der Waals surface area contributed by atoms with Gasteiger partial charge in [0.1, 0.15) is 0 Å². The van der Waals surface area contributed by atoms with Gasteiger partial charge in [0, 0.05) is 7.05 Å². The zero-order chi connectivity index (χ0) is 14.3. The van der Waals surface area contributed by atoms with Crippen molar-refractivity contribution in [2.24, 2.45) is 0 Å². The van der Waals surface area contributed by atoms with E-state index in [1.165, 1.54) is 12.1 Å². The van der Waals surface area contributed by atoms with Crippen LogP contribution in [0.2, 0.25) is 0 Å². The van der Waals surface area contributed by atoms with Crippen molar-refractivity contribution in [1.82, 2.24) is 20.9 Å². The van der Waals surface area contributed by atoms with Gasteiger partial charge in [-0.15, -0.1) is 0 Å². The zero-order valence-electron chi connectivity index (χ0n) is 10.1. The molecule has 4 N–H and O–H groups in total. The molecule has 0 heterocycles. The Morgan fingerprint density at radius 1 is 1.21 bits per heavy atom. The molecule has 104 valence electrons. The number of benzene rings is 1. The van der Waals surface area contributed by atoms with Gasteiger partial charge >= 0.3 is 0 Å².